The van der Waals surface area contributed by atoms with Crippen molar-refractivity contribution >= 4 is 0 Å². The third-order valence-corrected chi connectivity index (χ3v) is 6.33. The predicted octanol–water partition coefficient (Wildman–Crippen LogP) is 7.73. The Hall–Kier alpha value is 2.80. The van der Waals surface area contributed by atoms with Crippen molar-refractivity contribution in [2.75, 3.05) is 0 Å². The van der Waals surface area contributed by atoms with Gasteiger partial charge in [0.25, 0.3) is 0 Å². The fraction of sp³-hybridized carbons (Fsp3) is 0.920. The second-order valence-corrected chi connectivity index (χ2v) is 9.84. The van der Waals surface area contributed by atoms with Gasteiger partial charge in [0.15, 0.2) is 0 Å². The van der Waals surface area contributed by atoms with Crippen LogP contribution < -0.4 is 0 Å². The van der Waals surface area contributed by atoms with E-state index < -0.39 is 0 Å². The average molecular weight is 877 g/mol. The largest absolute Gasteiger partial charge is 0.393 e. The summed E-state index contributed by atoms with van der Waals surface area (Å²) in [7, 11) is 0. The third-order valence-electron chi connectivity index (χ3n) is 6.33. The molecule has 0 bridgehead atoms. The van der Waals surface area contributed by atoms with Gasteiger partial charge < -0.3 is 24.9 Å². The van der Waals surface area contributed by atoms with E-state index >= 15 is 0 Å². The summed E-state index contributed by atoms with van der Waals surface area (Å²) in [4.78, 5) is 0. The van der Waals surface area contributed by atoms with Gasteiger partial charge in [-0.3, -0.25) is 0 Å². The van der Waals surface area contributed by atoms with E-state index in [4.69, 9.17) is 0 Å². The van der Waals surface area contributed by atoms with Gasteiger partial charge in [-0.2, -0.15) is 5.92 Å². The van der Waals surface area contributed by atoms with Gasteiger partial charge >= 0.3 is 0 Å². The molecular formula is C25H50OUWY-2. The van der Waals surface area contributed by atoms with Crippen LogP contribution in [0.5, 0.6) is 0 Å². The summed E-state index contributed by atoms with van der Waals surface area (Å²) in [6.07, 6.45) is 13.6. The Morgan fingerprint density at radius 2 is 1.14 bits per heavy atom. The minimum Gasteiger partial charge on any atom is -0.393 e. The molecule has 2 rings (SSSR count). The molecule has 0 aliphatic heterocycles. The number of aliphatic hydroxyl groups excluding tert-OH is 1. The summed E-state index contributed by atoms with van der Waals surface area (Å²) in [5, 5.41) is 9.21. The van der Waals surface area contributed by atoms with Crippen LogP contribution in [0, 0.1) is 80.0 Å². The smallest absolute Gasteiger partial charge is 0.0540 e. The zero-order valence-corrected chi connectivity index (χ0v) is 30.6. The zero-order chi connectivity index (χ0) is 20.1. The van der Waals surface area contributed by atoms with Crippen molar-refractivity contribution in [3.8, 4) is 0 Å². The minimum atomic E-state index is 0. The zero-order valence-electron chi connectivity index (χ0n) is 20.6. The normalized spacial score (nSPS) is 26.1. The summed E-state index contributed by atoms with van der Waals surface area (Å²) in [5.74, 6) is 5.37. The molecule has 0 unspecified atom stereocenters. The van der Waals surface area contributed by atoms with Crippen molar-refractivity contribution in [3.05, 3.63) is 13.3 Å². The molecular weight excluding hydrogens is 827 g/mol. The average Bonchev–Trinajstić information content (AvgIpc) is 2.56. The van der Waals surface area contributed by atoms with Gasteiger partial charge in [0.1, 0.15) is 0 Å². The van der Waals surface area contributed by atoms with E-state index in [0.29, 0.717) is 5.92 Å². The van der Waals surface area contributed by atoms with Crippen molar-refractivity contribution in [2.24, 2.45) is 35.5 Å². The van der Waals surface area contributed by atoms with E-state index in [-0.39, 0.29) is 91.0 Å². The van der Waals surface area contributed by atoms with Crippen LogP contribution in [0.3, 0.4) is 0 Å². The van der Waals surface area contributed by atoms with Gasteiger partial charge in [-0.15, -0.1) is 0 Å². The van der Waals surface area contributed by atoms with E-state index in [2.05, 4.69) is 61.8 Å². The molecule has 2 fully saturated rings. The van der Waals surface area contributed by atoms with Gasteiger partial charge in [0.05, 0.1) is 6.10 Å². The molecule has 0 spiro atoms. The first-order valence-electron chi connectivity index (χ1n) is 11.5. The Labute approximate surface area is 248 Å². The van der Waals surface area contributed by atoms with E-state index in [1.54, 1.807) is 0 Å². The number of hydrogen-bond donors (Lipinski definition) is 1. The van der Waals surface area contributed by atoms with Crippen LogP contribution in [0.2, 0.25) is 0 Å². The van der Waals surface area contributed by atoms with Crippen molar-refractivity contribution in [1.29, 1.82) is 0 Å². The molecule has 171 valence electrons. The monoisotopic (exact) mass is 877 g/mol. The van der Waals surface area contributed by atoms with E-state index in [1.807, 2.05) is 0 Å². The van der Waals surface area contributed by atoms with Crippen molar-refractivity contribution in [3.63, 3.8) is 0 Å². The molecule has 4 heteroatoms. The topological polar surface area (TPSA) is 20.2 Å². The molecule has 1 N–H and O–H groups in total. The summed E-state index contributed by atoms with van der Waals surface area (Å²) in [5.41, 5.74) is 0. The number of hydrogen-bond acceptors (Lipinski definition) is 1. The maximum Gasteiger partial charge on any atom is 0.0540 e. The van der Waals surface area contributed by atoms with Crippen LogP contribution in [0.15, 0.2) is 0 Å². The second-order valence-electron chi connectivity index (χ2n) is 9.84. The van der Waals surface area contributed by atoms with Gasteiger partial charge in [0.2, 0.25) is 0 Å². The van der Waals surface area contributed by atoms with Gasteiger partial charge in [-0.05, 0) is 68.1 Å². The van der Waals surface area contributed by atoms with E-state index in [1.165, 1.54) is 38.5 Å². The maximum atomic E-state index is 9.21. The van der Waals surface area contributed by atoms with Crippen molar-refractivity contribution < 1.29 is 90.0 Å². The summed E-state index contributed by atoms with van der Waals surface area (Å²) < 4.78 is 0. The second kappa shape index (κ2) is 23.9. The fourth-order valence-corrected chi connectivity index (χ4v) is 4.05. The van der Waals surface area contributed by atoms with Crippen LogP contribution in [0.4, 0.5) is 0 Å². The molecule has 2 aliphatic carbocycles. The molecule has 1 radical (unpaired) electrons. The predicted molar refractivity (Wildman–Crippen MR) is 118 cm³/mol. The van der Waals surface area contributed by atoms with E-state index in [9.17, 15) is 5.11 Å². The van der Waals surface area contributed by atoms with Crippen LogP contribution in [-0.4, -0.2) is 11.2 Å². The molecule has 0 aromatic rings. The molecule has 1 nitrogen and oxygen atoms in total. The molecule has 0 atom stereocenters. The number of aliphatic hydroxyl groups is 1. The Morgan fingerprint density at radius 3 is 1.38 bits per heavy atom. The minimum absolute atomic E-state index is 0. The molecule has 0 aromatic heterocycles. The fourth-order valence-electron chi connectivity index (χ4n) is 4.05. The molecule has 0 aromatic carbocycles. The molecule has 0 saturated heterocycles. The Kier molecular flexibility index (Phi) is 32.2. The van der Waals surface area contributed by atoms with Crippen LogP contribution in [-0.2, 0) is 53.8 Å². The van der Waals surface area contributed by atoms with E-state index in [0.717, 1.165) is 48.9 Å². The Bertz CT molecular complexity index is 284. The molecule has 2 aliphatic rings. The quantitative estimate of drug-likeness (QED) is 0.287. The molecule has 2 saturated carbocycles. The van der Waals surface area contributed by atoms with Crippen LogP contribution >= 0.6 is 0 Å². The maximum absolute atomic E-state index is 9.21. The first-order valence-corrected chi connectivity index (χ1v) is 11.5. The molecule has 29 heavy (non-hydrogen) atoms. The molecule has 0 amide bonds. The van der Waals surface area contributed by atoms with Crippen molar-refractivity contribution in [1.82, 2.24) is 0 Å². The summed E-state index contributed by atoms with van der Waals surface area (Å²) in [6.45, 7) is 19.7. The van der Waals surface area contributed by atoms with Gasteiger partial charge in [0, 0.05) is 84.9 Å². The number of rotatable bonds is 4. The first kappa shape index (κ1) is 39.0. The Morgan fingerprint density at radius 1 is 0.793 bits per heavy atom. The third kappa shape index (κ3) is 22.4. The summed E-state index contributed by atoms with van der Waals surface area (Å²) in [6, 6.07) is 0. The van der Waals surface area contributed by atoms with Gasteiger partial charge in [-0.25, -0.2) is 0 Å². The SMILES string of the molecule is CC(C)C1CCC(O)CC1.CC1CCC(C(C)C)CC1.[CH2-]C[CH-]C(C)C.[U].[W].[Y]. The van der Waals surface area contributed by atoms with Crippen LogP contribution in [0.1, 0.15) is 106 Å². The molecule has 0 heterocycles. The van der Waals surface area contributed by atoms with Gasteiger partial charge in [-0.1, -0.05) is 61.3 Å². The van der Waals surface area contributed by atoms with Crippen LogP contribution in [0.25, 0.3) is 0 Å². The standard InChI is InChI=1S/C10H20.C9H18O.C6H12.U.W.Y/c1-8(2)10-6-4-9(3)5-7-10;1-7(2)8-3-5-9(10)6-4-8;1-4-5-6(2)3;;;/h8-10H,4-7H2,1-3H3;7-10H,3-6H2,1-2H3;5-6H,1,4H2,2-3H3;;;/q;;-2;;;. The first-order chi connectivity index (χ1) is 12.2. The summed E-state index contributed by atoms with van der Waals surface area (Å²) >= 11 is 0. The Balaban J connectivity index is -0.000000159. The van der Waals surface area contributed by atoms with Crippen molar-refractivity contribution in [2.45, 2.75) is 112 Å².